The maximum atomic E-state index is 14.0. The Morgan fingerprint density at radius 2 is 1.82 bits per heavy atom. The van der Waals surface area contributed by atoms with Crippen LogP contribution in [0.1, 0.15) is 31.1 Å². The lowest BCUT2D eigenvalue weighted by molar-refractivity contribution is 0.0520. The highest BCUT2D eigenvalue weighted by molar-refractivity contribution is 5.90. The minimum absolute atomic E-state index is 0.0354. The van der Waals surface area contributed by atoms with Gasteiger partial charge in [0.25, 0.3) is 0 Å². The Labute approximate surface area is 161 Å². The van der Waals surface area contributed by atoms with E-state index in [9.17, 15) is 23.5 Å². The molecule has 0 spiro atoms. The first-order chi connectivity index (χ1) is 13.0. The van der Waals surface area contributed by atoms with Crippen LogP contribution in [-0.2, 0) is 4.74 Å². The van der Waals surface area contributed by atoms with Crippen molar-refractivity contribution in [2.24, 2.45) is 0 Å². The van der Waals surface area contributed by atoms with Crippen LogP contribution in [0, 0.1) is 11.6 Å². The number of carbonyl (C=O) groups is 2. The molecular formula is C20H21F2NO5. The van der Waals surface area contributed by atoms with E-state index in [2.05, 4.69) is 5.32 Å². The van der Waals surface area contributed by atoms with Gasteiger partial charge in [-0.15, -0.1) is 0 Å². The summed E-state index contributed by atoms with van der Waals surface area (Å²) < 4.78 is 37.7. The zero-order chi connectivity index (χ0) is 20.9. The number of carbonyl (C=O) groups excluding carboxylic acids is 1. The average molecular weight is 393 g/mol. The zero-order valence-electron chi connectivity index (χ0n) is 15.7. The number of nitrogens with one attached hydrogen (secondary N) is 1. The largest absolute Gasteiger partial charge is 0.492 e. The van der Waals surface area contributed by atoms with E-state index >= 15 is 0 Å². The number of carboxylic acids is 1. The van der Waals surface area contributed by atoms with Gasteiger partial charge in [0.15, 0.2) is 0 Å². The molecule has 150 valence electrons. The Morgan fingerprint density at radius 3 is 2.43 bits per heavy atom. The molecule has 0 heterocycles. The fourth-order valence-corrected chi connectivity index (χ4v) is 2.32. The Morgan fingerprint density at radius 1 is 1.11 bits per heavy atom. The van der Waals surface area contributed by atoms with Gasteiger partial charge in [0.05, 0.1) is 12.1 Å². The number of hydrogen-bond acceptors (Lipinski definition) is 4. The van der Waals surface area contributed by atoms with E-state index in [0.29, 0.717) is 6.07 Å². The number of aromatic carboxylic acids is 1. The molecule has 0 radical (unpaired) electrons. The number of amides is 1. The Bertz CT molecular complexity index is 877. The van der Waals surface area contributed by atoms with E-state index in [1.54, 1.807) is 20.8 Å². The minimum Gasteiger partial charge on any atom is -0.492 e. The maximum Gasteiger partial charge on any atom is 0.407 e. The van der Waals surface area contributed by atoms with Gasteiger partial charge in [0, 0.05) is 11.6 Å². The van der Waals surface area contributed by atoms with Crippen molar-refractivity contribution in [3.05, 3.63) is 53.6 Å². The molecule has 1 amide bonds. The zero-order valence-corrected chi connectivity index (χ0v) is 15.7. The lowest BCUT2D eigenvalue weighted by Gasteiger charge is -2.19. The second-order valence-corrected chi connectivity index (χ2v) is 6.95. The SMILES string of the molecule is CC(C)(C)OC(=O)NCCOc1cc(C(=O)O)cc(-c2ccc(F)cc2F)c1. The van der Waals surface area contributed by atoms with Crippen LogP contribution in [0.4, 0.5) is 13.6 Å². The molecule has 0 aromatic heterocycles. The van der Waals surface area contributed by atoms with Gasteiger partial charge in [-0.3, -0.25) is 0 Å². The highest BCUT2D eigenvalue weighted by Gasteiger charge is 2.16. The van der Waals surface area contributed by atoms with Crippen LogP contribution in [0.25, 0.3) is 11.1 Å². The normalized spacial score (nSPS) is 11.0. The predicted octanol–water partition coefficient (Wildman–Crippen LogP) is 4.23. The number of alkyl carbamates (subject to hydrolysis) is 1. The highest BCUT2D eigenvalue weighted by atomic mass is 19.1. The molecule has 0 aliphatic rings. The second-order valence-electron chi connectivity index (χ2n) is 6.95. The van der Waals surface area contributed by atoms with Gasteiger partial charge in [0.2, 0.25) is 0 Å². The van der Waals surface area contributed by atoms with Crippen LogP contribution in [-0.4, -0.2) is 35.9 Å². The molecule has 0 saturated carbocycles. The lowest BCUT2D eigenvalue weighted by Crippen LogP contribution is -2.34. The van der Waals surface area contributed by atoms with E-state index in [-0.39, 0.29) is 35.6 Å². The van der Waals surface area contributed by atoms with E-state index in [4.69, 9.17) is 9.47 Å². The van der Waals surface area contributed by atoms with Crippen molar-refractivity contribution in [2.75, 3.05) is 13.2 Å². The number of ether oxygens (including phenoxy) is 2. The highest BCUT2D eigenvalue weighted by Crippen LogP contribution is 2.28. The van der Waals surface area contributed by atoms with E-state index in [1.807, 2.05) is 0 Å². The van der Waals surface area contributed by atoms with E-state index < -0.39 is 29.3 Å². The summed E-state index contributed by atoms with van der Waals surface area (Å²) in [5.41, 5.74) is -0.473. The van der Waals surface area contributed by atoms with Crippen LogP contribution in [0.2, 0.25) is 0 Å². The van der Waals surface area contributed by atoms with Crippen molar-refractivity contribution in [1.29, 1.82) is 0 Å². The van der Waals surface area contributed by atoms with Crippen molar-refractivity contribution in [2.45, 2.75) is 26.4 Å². The first-order valence-electron chi connectivity index (χ1n) is 8.48. The smallest absolute Gasteiger partial charge is 0.407 e. The third-order valence-corrected chi connectivity index (χ3v) is 3.43. The number of rotatable bonds is 6. The topological polar surface area (TPSA) is 84.9 Å². The van der Waals surface area contributed by atoms with Gasteiger partial charge in [0.1, 0.15) is 29.6 Å². The molecule has 2 N–H and O–H groups in total. The van der Waals surface area contributed by atoms with Gasteiger partial charge in [-0.1, -0.05) is 0 Å². The summed E-state index contributed by atoms with van der Waals surface area (Å²) in [7, 11) is 0. The summed E-state index contributed by atoms with van der Waals surface area (Å²) in [5.74, 6) is -2.61. The van der Waals surface area contributed by atoms with Crippen molar-refractivity contribution in [3.8, 4) is 16.9 Å². The molecule has 0 aliphatic carbocycles. The first-order valence-corrected chi connectivity index (χ1v) is 8.48. The number of halogens is 2. The Balaban J connectivity index is 2.11. The third-order valence-electron chi connectivity index (χ3n) is 3.43. The predicted molar refractivity (Wildman–Crippen MR) is 98.5 cm³/mol. The standard InChI is InChI=1S/C20H21F2NO5/c1-20(2,3)28-19(26)23-6-7-27-15-9-12(8-13(10-15)18(24)25)16-5-4-14(21)11-17(16)22/h4-5,8-11H,6-7H2,1-3H3,(H,23,26)(H,24,25). The molecule has 0 aliphatic heterocycles. The number of carboxylic acid groups (broad SMARTS) is 1. The molecule has 2 aromatic carbocycles. The summed E-state index contributed by atoms with van der Waals surface area (Å²) in [6.07, 6.45) is -0.607. The van der Waals surface area contributed by atoms with Crippen LogP contribution >= 0.6 is 0 Å². The molecule has 0 atom stereocenters. The average Bonchev–Trinajstić information content (AvgIpc) is 2.57. The molecule has 28 heavy (non-hydrogen) atoms. The van der Waals surface area contributed by atoms with Crippen LogP contribution in [0.15, 0.2) is 36.4 Å². The minimum atomic E-state index is -1.22. The van der Waals surface area contributed by atoms with Crippen LogP contribution < -0.4 is 10.1 Å². The fourth-order valence-electron chi connectivity index (χ4n) is 2.32. The van der Waals surface area contributed by atoms with Gasteiger partial charge in [-0.2, -0.15) is 0 Å². The van der Waals surface area contributed by atoms with Gasteiger partial charge in [-0.25, -0.2) is 18.4 Å². The molecule has 0 unspecified atom stereocenters. The van der Waals surface area contributed by atoms with Crippen molar-refractivity contribution in [1.82, 2.24) is 5.32 Å². The van der Waals surface area contributed by atoms with Gasteiger partial charge < -0.3 is 19.9 Å². The third kappa shape index (κ3) is 6.22. The van der Waals surface area contributed by atoms with Gasteiger partial charge in [-0.05, 0) is 56.7 Å². The van der Waals surface area contributed by atoms with Gasteiger partial charge >= 0.3 is 12.1 Å². The lowest BCUT2D eigenvalue weighted by atomic mass is 10.0. The quantitative estimate of drug-likeness (QED) is 0.718. The molecular weight excluding hydrogens is 372 g/mol. The Hall–Kier alpha value is -3.16. The monoisotopic (exact) mass is 393 g/mol. The molecule has 0 fully saturated rings. The van der Waals surface area contributed by atoms with Crippen molar-refractivity contribution in [3.63, 3.8) is 0 Å². The summed E-state index contributed by atoms with van der Waals surface area (Å²) in [4.78, 5) is 22.9. The molecule has 0 saturated heterocycles. The Kier molecular flexibility index (Phi) is 6.56. The maximum absolute atomic E-state index is 14.0. The van der Waals surface area contributed by atoms with Crippen molar-refractivity contribution < 1.29 is 33.0 Å². The van der Waals surface area contributed by atoms with Crippen LogP contribution in [0.3, 0.4) is 0 Å². The molecule has 2 aromatic rings. The number of hydrogen-bond donors (Lipinski definition) is 2. The second kappa shape index (κ2) is 8.69. The van der Waals surface area contributed by atoms with E-state index in [0.717, 1.165) is 6.07 Å². The first kappa shape index (κ1) is 21.1. The molecule has 8 heteroatoms. The van der Waals surface area contributed by atoms with E-state index in [1.165, 1.54) is 24.3 Å². The van der Waals surface area contributed by atoms with Crippen molar-refractivity contribution >= 4 is 12.1 Å². The molecule has 6 nitrogen and oxygen atoms in total. The fraction of sp³-hybridized carbons (Fsp3) is 0.300. The summed E-state index contributed by atoms with van der Waals surface area (Å²) in [6, 6.07) is 7.01. The summed E-state index contributed by atoms with van der Waals surface area (Å²) >= 11 is 0. The molecule has 2 rings (SSSR count). The summed E-state index contributed by atoms with van der Waals surface area (Å²) in [5, 5.41) is 11.8. The molecule has 0 bridgehead atoms. The number of benzene rings is 2. The van der Waals surface area contributed by atoms with Crippen LogP contribution in [0.5, 0.6) is 5.75 Å². The summed E-state index contributed by atoms with van der Waals surface area (Å²) in [6.45, 7) is 5.35.